The normalized spacial score (nSPS) is 15.6. The summed E-state index contributed by atoms with van der Waals surface area (Å²) in [5.41, 5.74) is 3.61. The van der Waals surface area contributed by atoms with E-state index in [-0.39, 0.29) is 18.2 Å². The lowest BCUT2D eigenvalue weighted by Crippen LogP contribution is -2.39. The zero-order valence-electron chi connectivity index (χ0n) is 22.2. The number of aromatic nitrogens is 4. The Hall–Kier alpha value is -4.69. The highest BCUT2D eigenvalue weighted by atomic mass is 16.5. The van der Waals surface area contributed by atoms with Gasteiger partial charge in [-0.2, -0.15) is 4.98 Å². The minimum Gasteiger partial charge on any atom is -0.497 e. The molecule has 2 heterocycles. The Kier molecular flexibility index (Phi) is 6.92. The summed E-state index contributed by atoms with van der Waals surface area (Å²) >= 11 is 0. The van der Waals surface area contributed by atoms with Crippen LogP contribution in [-0.4, -0.2) is 38.3 Å². The van der Waals surface area contributed by atoms with Crippen molar-refractivity contribution in [3.63, 3.8) is 0 Å². The maximum absolute atomic E-state index is 13.3. The van der Waals surface area contributed by atoms with Crippen LogP contribution in [0.5, 0.6) is 5.75 Å². The van der Waals surface area contributed by atoms with Crippen LogP contribution in [0, 0.1) is 0 Å². The summed E-state index contributed by atoms with van der Waals surface area (Å²) in [5, 5.41) is 13.2. The van der Waals surface area contributed by atoms with Crippen LogP contribution >= 0.6 is 0 Å². The molecule has 0 bridgehead atoms. The SMILES string of the molecule is COc1ccc(C(Nc2nc3c(ncn3[C@@H]3CC=C(CO)CC3)c(=O)[nH]2)(c2ccccc2)c2ccccc2)cc1. The third-order valence-electron chi connectivity index (χ3n) is 7.75. The molecule has 3 N–H and O–H groups in total. The second kappa shape index (κ2) is 10.8. The molecule has 1 aliphatic carbocycles. The van der Waals surface area contributed by atoms with Crippen molar-refractivity contribution in [2.45, 2.75) is 30.8 Å². The van der Waals surface area contributed by atoms with Gasteiger partial charge in [-0.1, -0.05) is 78.9 Å². The lowest BCUT2D eigenvalue weighted by molar-refractivity contribution is 0.316. The van der Waals surface area contributed by atoms with Gasteiger partial charge in [0.05, 0.1) is 20.0 Å². The Balaban J connectivity index is 1.52. The number of anilines is 1. The van der Waals surface area contributed by atoms with E-state index in [1.165, 1.54) is 0 Å². The van der Waals surface area contributed by atoms with Crippen molar-refractivity contribution in [3.05, 3.63) is 130 Å². The Morgan fingerprint density at radius 1 is 1.00 bits per heavy atom. The number of hydrogen-bond donors (Lipinski definition) is 3. The second-order valence-electron chi connectivity index (χ2n) is 10.0. The van der Waals surface area contributed by atoms with Crippen LogP contribution in [0.15, 0.2) is 108 Å². The molecular weight excluding hydrogens is 502 g/mol. The number of aromatic amines is 1. The number of aliphatic hydroxyl groups excluding tert-OH is 1. The highest BCUT2D eigenvalue weighted by Gasteiger charge is 2.37. The summed E-state index contributed by atoms with van der Waals surface area (Å²) < 4.78 is 7.43. The number of methoxy groups -OCH3 is 1. The number of H-pyrrole nitrogens is 1. The molecule has 3 aromatic carbocycles. The van der Waals surface area contributed by atoms with Crippen molar-refractivity contribution in [1.29, 1.82) is 0 Å². The van der Waals surface area contributed by atoms with Crippen LogP contribution in [0.4, 0.5) is 5.95 Å². The summed E-state index contributed by atoms with van der Waals surface area (Å²) in [6.45, 7) is 0.0792. The molecule has 5 aromatic rings. The third-order valence-corrected chi connectivity index (χ3v) is 7.75. The fourth-order valence-corrected chi connectivity index (χ4v) is 5.63. The lowest BCUT2D eigenvalue weighted by Gasteiger charge is -2.37. The second-order valence-corrected chi connectivity index (χ2v) is 10.0. The highest BCUT2D eigenvalue weighted by Crippen LogP contribution is 2.40. The van der Waals surface area contributed by atoms with E-state index >= 15 is 0 Å². The van der Waals surface area contributed by atoms with E-state index in [0.29, 0.717) is 17.1 Å². The lowest BCUT2D eigenvalue weighted by atomic mass is 9.77. The monoisotopic (exact) mass is 533 g/mol. The molecule has 8 nitrogen and oxygen atoms in total. The topological polar surface area (TPSA) is 105 Å². The largest absolute Gasteiger partial charge is 0.497 e. The van der Waals surface area contributed by atoms with Gasteiger partial charge in [-0.05, 0) is 53.7 Å². The summed E-state index contributed by atoms with van der Waals surface area (Å²) in [4.78, 5) is 25.6. The van der Waals surface area contributed by atoms with E-state index in [1.54, 1.807) is 13.4 Å². The minimum absolute atomic E-state index is 0.0792. The van der Waals surface area contributed by atoms with E-state index in [1.807, 2.05) is 65.2 Å². The fourth-order valence-electron chi connectivity index (χ4n) is 5.63. The van der Waals surface area contributed by atoms with Crippen LogP contribution < -0.4 is 15.6 Å². The van der Waals surface area contributed by atoms with E-state index in [9.17, 15) is 9.90 Å². The van der Waals surface area contributed by atoms with Crippen molar-refractivity contribution in [2.24, 2.45) is 0 Å². The molecular formula is C32H31N5O3. The number of nitrogens with zero attached hydrogens (tertiary/aromatic N) is 3. The average Bonchev–Trinajstić information content (AvgIpc) is 3.45. The van der Waals surface area contributed by atoms with E-state index in [4.69, 9.17) is 9.72 Å². The minimum atomic E-state index is -0.882. The van der Waals surface area contributed by atoms with Crippen LogP contribution in [0.3, 0.4) is 0 Å². The maximum atomic E-state index is 13.3. The first-order valence-electron chi connectivity index (χ1n) is 13.4. The van der Waals surface area contributed by atoms with Crippen LogP contribution in [0.2, 0.25) is 0 Å². The van der Waals surface area contributed by atoms with Crippen LogP contribution in [0.25, 0.3) is 11.2 Å². The number of imidazole rings is 1. The van der Waals surface area contributed by atoms with Crippen molar-refractivity contribution in [2.75, 3.05) is 19.0 Å². The predicted molar refractivity (Wildman–Crippen MR) is 156 cm³/mol. The number of ether oxygens (including phenoxy) is 1. The molecule has 1 aliphatic rings. The quantitative estimate of drug-likeness (QED) is 0.188. The third kappa shape index (κ3) is 4.56. The number of nitrogens with one attached hydrogen (secondary N) is 2. The smallest absolute Gasteiger partial charge is 0.280 e. The molecule has 0 fully saturated rings. The predicted octanol–water partition coefficient (Wildman–Crippen LogP) is 5.18. The van der Waals surface area contributed by atoms with Gasteiger partial charge in [0.2, 0.25) is 5.95 Å². The van der Waals surface area contributed by atoms with Gasteiger partial charge >= 0.3 is 0 Å². The van der Waals surface area contributed by atoms with Gasteiger partial charge in [0.1, 0.15) is 11.3 Å². The molecule has 0 amide bonds. The van der Waals surface area contributed by atoms with Crippen molar-refractivity contribution < 1.29 is 9.84 Å². The molecule has 1 atom stereocenters. The number of hydrogen-bond acceptors (Lipinski definition) is 6. The van der Waals surface area contributed by atoms with E-state index in [0.717, 1.165) is 47.3 Å². The molecule has 8 heteroatoms. The van der Waals surface area contributed by atoms with Gasteiger partial charge in [0.25, 0.3) is 5.56 Å². The van der Waals surface area contributed by atoms with Gasteiger partial charge in [-0.25, -0.2) is 4.98 Å². The molecule has 0 saturated heterocycles. The molecule has 0 aliphatic heterocycles. The number of allylic oxidation sites excluding steroid dienone is 1. The summed E-state index contributed by atoms with van der Waals surface area (Å²) in [5.74, 6) is 1.09. The molecule has 0 radical (unpaired) electrons. The first-order chi connectivity index (χ1) is 19.6. The van der Waals surface area contributed by atoms with Crippen molar-refractivity contribution in [3.8, 4) is 5.75 Å². The maximum Gasteiger partial charge on any atom is 0.280 e. The first kappa shape index (κ1) is 25.6. The number of fused-ring (bicyclic) bond motifs is 1. The van der Waals surface area contributed by atoms with Crippen molar-refractivity contribution >= 4 is 17.1 Å². The first-order valence-corrected chi connectivity index (χ1v) is 13.4. The van der Waals surface area contributed by atoms with Gasteiger partial charge in [-0.3, -0.25) is 9.78 Å². The van der Waals surface area contributed by atoms with E-state index < -0.39 is 5.54 Å². The summed E-state index contributed by atoms with van der Waals surface area (Å²) in [6.07, 6.45) is 6.18. The molecule has 6 rings (SSSR count). The number of aliphatic hydroxyl groups is 1. The van der Waals surface area contributed by atoms with Crippen LogP contribution in [0.1, 0.15) is 42.0 Å². The number of rotatable bonds is 8. The molecule has 0 spiro atoms. The summed E-state index contributed by atoms with van der Waals surface area (Å²) in [7, 11) is 1.65. The zero-order valence-corrected chi connectivity index (χ0v) is 22.2. The van der Waals surface area contributed by atoms with Gasteiger partial charge in [0, 0.05) is 6.04 Å². The Morgan fingerprint density at radius 3 is 2.23 bits per heavy atom. The molecule has 202 valence electrons. The molecule has 40 heavy (non-hydrogen) atoms. The Morgan fingerprint density at radius 2 is 1.65 bits per heavy atom. The molecule has 2 aromatic heterocycles. The molecule has 0 saturated carbocycles. The van der Waals surface area contributed by atoms with Gasteiger partial charge in [0.15, 0.2) is 11.2 Å². The van der Waals surface area contributed by atoms with Gasteiger partial charge < -0.3 is 19.7 Å². The number of benzene rings is 3. The standard InChI is InChI=1S/C32H31N5O3/c1-40-27-18-14-25(15-19-27)32(23-8-4-2-5-9-23,24-10-6-3-7-11-24)36-31-34-29-28(30(39)35-31)33-21-37(29)26-16-12-22(20-38)13-17-26/h2-12,14-15,18-19,21,26,38H,13,16-17,20H2,1H3,(H2,34,35,36,39)/t26-/m1/s1. The highest BCUT2D eigenvalue weighted by molar-refractivity contribution is 5.71. The van der Waals surface area contributed by atoms with Gasteiger partial charge in [-0.15, -0.1) is 0 Å². The summed E-state index contributed by atoms with van der Waals surface area (Å²) in [6, 6.07) is 28.3. The Labute approximate surface area is 232 Å². The van der Waals surface area contributed by atoms with Crippen LogP contribution in [-0.2, 0) is 5.54 Å². The van der Waals surface area contributed by atoms with Crippen molar-refractivity contribution in [1.82, 2.24) is 19.5 Å². The zero-order chi connectivity index (χ0) is 27.5. The average molecular weight is 534 g/mol. The fraction of sp³-hybridized carbons (Fsp3) is 0.219. The van der Waals surface area contributed by atoms with E-state index in [2.05, 4.69) is 45.6 Å². The Bertz CT molecular complexity index is 1650. The molecule has 0 unspecified atom stereocenters.